The topological polar surface area (TPSA) is 52.6 Å². The number of nitrogens with one attached hydrogen (secondary N) is 1. The Balaban J connectivity index is 2.02. The van der Waals surface area contributed by atoms with Crippen molar-refractivity contribution in [1.82, 2.24) is 10.2 Å². The lowest BCUT2D eigenvalue weighted by atomic mass is 9.86. The summed E-state index contributed by atoms with van der Waals surface area (Å²) in [5.74, 6) is -0.206. The average Bonchev–Trinajstić information content (AvgIpc) is 2.54. The Morgan fingerprint density at radius 1 is 1.35 bits per heavy atom. The van der Waals surface area contributed by atoms with Crippen LogP contribution in [0.25, 0.3) is 0 Å². The van der Waals surface area contributed by atoms with Crippen molar-refractivity contribution < 1.29 is 14.3 Å². The van der Waals surface area contributed by atoms with Gasteiger partial charge in [0.1, 0.15) is 5.82 Å². The van der Waals surface area contributed by atoms with Gasteiger partial charge in [-0.3, -0.25) is 9.69 Å². The normalized spacial score (nSPS) is 22.8. The van der Waals surface area contributed by atoms with E-state index >= 15 is 0 Å². The van der Waals surface area contributed by atoms with Crippen LogP contribution in [0.5, 0.6) is 0 Å². The van der Waals surface area contributed by atoms with Crippen LogP contribution in [0.2, 0.25) is 0 Å². The van der Waals surface area contributed by atoms with Gasteiger partial charge in [0.15, 0.2) is 0 Å². The van der Waals surface area contributed by atoms with Crippen LogP contribution in [0.15, 0.2) is 24.3 Å². The van der Waals surface area contributed by atoms with Crippen LogP contribution in [0.3, 0.4) is 0 Å². The van der Waals surface area contributed by atoms with Crippen molar-refractivity contribution in [3.8, 4) is 0 Å². The lowest BCUT2D eigenvalue weighted by Gasteiger charge is -2.42. The summed E-state index contributed by atoms with van der Waals surface area (Å²) in [6, 6.07) is 7.14. The van der Waals surface area contributed by atoms with Crippen LogP contribution in [-0.4, -0.2) is 47.2 Å². The highest BCUT2D eigenvalue weighted by molar-refractivity contribution is 5.73. The highest BCUT2D eigenvalue weighted by atomic mass is 19.1. The maximum Gasteiger partial charge on any atom is 0.217 e. The molecular formula is C21H33FN2O2. The third-order valence-electron chi connectivity index (χ3n) is 5.33. The third kappa shape index (κ3) is 6.36. The second-order valence-electron chi connectivity index (χ2n) is 8.62. The van der Waals surface area contributed by atoms with E-state index in [1.54, 1.807) is 6.92 Å². The number of β-amino-alcohol motifs (C(OH)–C–C–N with tert-alkyl or cyclic N) is 1. The number of aliphatic hydroxyl groups excluding tert-OH is 1. The molecule has 2 N–H and O–H groups in total. The molecule has 146 valence electrons. The quantitative estimate of drug-likeness (QED) is 0.815. The summed E-state index contributed by atoms with van der Waals surface area (Å²) in [4.78, 5) is 13.8. The van der Waals surface area contributed by atoms with Crippen LogP contribution in [-0.2, 0) is 11.2 Å². The molecule has 0 radical (unpaired) electrons. The molecule has 0 saturated carbocycles. The third-order valence-corrected chi connectivity index (χ3v) is 5.33. The van der Waals surface area contributed by atoms with Crippen LogP contribution in [0.1, 0.15) is 52.5 Å². The first kappa shape index (κ1) is 20.8. The number of likely N-dealkylation sites (tertiary alicyclic amines) is 1. The van der Waals surface area contributed by atoms with Crippen LogP contribution in [0, 0.1) is 11.2 Å². The van der Waals surface area contributed by atoms with Gasteiger partial charge in [-0.2, -0.15) is 0 Å². The molecule has 4 nitrogen and oxygen atoms in total. The van der Waals surface area contributed by atoms with E-state index < -0.39 is 6.10 Å². The Labute approximate surface area is 156 Å². The van der Waals surface area contributed by atoms with Gasteiger partial charge < -0.3 is 10.4 Å². The molecule has 26 heavy (non-hydrogen) atoms. The second kappa shape index (κ2) is 8.96. The van der Waals surface area contributed by atoms with Gasteiger partial charge in [0.2, 0.25) is 5.91 Å². The van der Waals surface area contributed by atoms with E-state index in [-0.39, 0.29) is 23.2 Å². The molecule has 1 fully saturated rings. The Kier molecular flexibility index (Phi) is 7.18. The molecule has 0 aliphatic carbocycles. The number of halogens is 1. The first-order chi connectivity index (χ1) is 12.1. The van der Waals surface area contributed by atoms with Gasteiger partial charge in [0.25, 0.3) is 0 Å². The van der Waals surface area contributed by atoms with E-state index in [0.717, 1.165) is 37.8 Å². The second-order valence-corrected chi connectivity index (χ2v) is 8.62. The van der Waals surface area contributed by atoms with Crippen molar-refractivity contribution in [3.63, 3.8) is 0 Å². The SMILES string of the molecule is CC(=O)NC1CCN(CC(O)C(C)(C)C)C(CCc2ccc(F)cc2)C1. The van der Waals surface area contributed by atoms with Gasteiger partial charge >= 0.3 is 0 Å². The van der Waals surface area contributed by atoms with Gasteiger partial charge in [-0.1, -0.05) is 32.9 Å². The Hall–Kier alpha value is -1.46. The van der Waals surface area contributed by atoms with Gasteiger partial charge in [-0.15, -0.1) is 0 Å². The van der Waals surface area contributed by atoms with Gasteiger partial charge in [0.05, 0.1) is 6.10 Å². The molecule has 0 spiro atoms. The first-order valence-corrected chi connectivity index (χ1v) is 9.59. The predicted octanol–water partition coefficient (Wildman–Crippen LogP) is 3.13. The molecule has 1 saturated heterocycles. The highest BCUT2D eigenvalue weighted by Gasteiger charge is 2.32. The highest BCUT2D eigenvalue weighted by Crippen LogP contribution is 2.26. The molecule has 1 aromatic rings. The Morgan fingerprint density at radius 3 is 2.58 bits per heavy atom. The number of carbonyl (C=O) groups is 1. The smallest absolute Gasteiger partial charge is 0.217 e. The van der Waals surface area contributed by atoms with E-state index in [1.807, 2.05) is 12.1 Å². The fourth-order valence-corrected chi connectivity index (χ4v) is 3.54. The minimum atomic E-state index is -0.395. The standard InChI is InChI=1S/C21H33FN2O2/c1-15(25)23-18-11-12-24(14-20(26)21(2,3)4)19(13-18)10-7-16-5-8-17(22)9-6-16/h5-6,8-9,18-20,26H,7,10-14H2,1-4H3,(H,23,25). The van der Waals surface area contributed by atoms with Gasteiger partial charge in [-0.05, 0) is 48.8 Å². The Morgan fingerprint density at radius 2 is 2.00 bits per heavy atom. The largest absolute Gasteiger partial charge is 0.391 e. The molecule has 3 unspecified atom stereocenters. The average molecular weight is 365 g/mol. The molecule has 0 aromatic heterocycles. The minimum absolute atomic E-state index is 0.00969. The zero-order valence-electron chi connectivity index (χ0n) is 16.5. The maximum atomic E-state index is 13.1. The number of piperidine rings is 1. The van der Waals surface area contributed by atoms with E-state index in [9.17, 15) is 14.3 Å². The van der Waals surface area contributed by atoms with Crippen molar-refractivity contribution in [2.24, 2.45) is 5.41 Å². The van der Waals surface area contributed by atoms with E-state index in [0.29, 0.717) is 12.6 Å². The lowest BCUT2D eigenvalue weighted by molar-refractivity contribution is -0.120. The van der Waals surface area contributed by atoms with Gasteiger partial charge in [0, 0.05) is 32.1 Å². The zero-order valence-corrected chi connectivity index (χ0v) is 16.5. The summed E-state index contributed by atoms with van der Waals surface area (Å²) in [6.07, 6.45) is 3.19. The van der Waals surface area contributed by atoms with Gasteiger partial charge in [-0.25, -0.2) is 4.39 Å². The number of benzene rings is 1. The van der Waals surface area contributed by atoms with E-state index in [2.05, 4.69) is 31.0 Å². The van der Waals surface area contributed by atoms with Crippen molar-refractivity contribution in [1.29, 1.82) is 0 Å². The molecule has 1 heterocycles. The minimum Gasteiger partial charge on any atom is -0.391 e. The summed E-state index contributed by atoms with van der Waals surface area (Å²) in [6.45, 7) is 9.22. The fraction of sp³-hybridized carbons (Fsp3) is 0.667. The molecule has 0 bridgehead atoms. The van der Waals surface area contributed by atoms with Crippen molar-refractivity contribution in [2.75, 3.05) is 13.1 Å². The molecule has 3 atom stereocenters. The number of hydrogen-bond donors (Lipinski definition) is 2. The van der Waals surface area contributed by atoms with Crippen LogP contribution >= 0.6 is 0 Å². The monoisotopic (exact) mass is 364 g/mol. The number of aryl methyl sites for hydroxylation is 1. The molecule has 1 aliphatic rings. The van der Waals surface area contributed by atoms with E-state index in [1.165, 1.54) is 12.1 Å². The molecule has 1 aromatic carbocycles. The predicted molar refractivity (Wildman–Crippen MR) is 102 cm³/mol. The zero-order chi connectivity index (χ0) is 19.3. The lowest BCUT2D eigenvalue weighted by Crippen LogP contribution is -2.53. The summed E-state index contributed by atoms with van der Waals surface area (Å²) in [5, 5.41) is 13.6. The maximum absolute atomic E-state index is 13.1. The fourth-order valence-electron chi connectivity index (χ4n) is 3.54. The molecule has 2 rings (SSSR count). The van der Waals surface area contributed by atoms with Crippen molar-refractivity contribution in [3.05, 3.63) is 35.6 Å². The number of amides is 1. The summed E-state index contributed by atoms with van der Waals surface area (Å²) < 4.78 is 13.1. The summed E-state index contributed by atoms with van der Waals surface area (Å²) >= 11 is 0. The number of carbonyl (C=O) groups excluding carboxylic acids is 1. The molecule has 1 amide bonds. The van der Waals surface area contributed by atoms with E-state index in [4.69, 9.17) is 0 Å². The number of aliphatic hydroxyl groups is 1. The summed E-state index contributed by atoms with van der Waals surface area (Å²) in [7, 11) is 0. The molecule has 1 aliphatic heterocycles. The molecular weight excluding hydrogens is 331 g/mol. The first-order valence-electron chi connectivity index (χ1n) is 9.59. The molecule has 5 heteroatoms. The van der Waals surface area contributed by atoms with Crippen LogP contribution in [0.4, 0.5) is 4.39 Å². The Bertz CT molecular complexity index is 583. The number of rotatable bonds is 6. The van der Waals surface area contributed by atoms with Crippen molar-refractivity contribution in [2.45, 2.75) is 71.6 Å². The summed E-state index contributed by atoms with van der Waals surface area (Å²) in [5.41, 5.74) is 0.958. The number of hydrogen-bond acceptors (Lipinski definition) is 3. The van der Waals surface area contributed by atoms with Crippen LogP contribution < -0.4 is 5.32 Å². The number of nitrogens with zero attached hydrogens (tertiary/aromatic N) is 1. The van der Waals surface area contributed by atoms with Crippen molar-refractivity contribution >= 4 is 5.91 Å².